The number of aromatic nitrogens is 5. The highest BCUT2D eigenvalue weighted by Crippen LogP contribution is 2.23. The maximum Gasteiger partial charge on any atom is 0.253 e. The summed E-state index contributed by atoms with van der Waals surface area (Å²) in [4.78, 5) is 19.0. The Labute approximate surface area is 150 Å². The molecule has 0 saturated carbocycles. The van der Waals surface area contributed by atoms with E-state index in [9.17, 15) is 4.79 Å². The van der Waals surface area contributed by atoms with E-state index < -0.39 is 0 Å². The minimum Gasteiger partial charge on any atom is -0.339 e. The van der Waals surface area contributed by atoms with Crippen LogP contribution in [0.5, 0.6) is 0 Å². The number of carbonyl (C=O) groups excluding carboxylic acids is 1. The van der Waals surface area contributed by atoms with Crippen LogP contribution in [0.1, 0.15) is 34.9 Å². The molecule has 0 N–H and O–H groups in total. The average Bonchev–Trinajstić information content (AvgIpc) is 3.34. The Bertz CT molecular complexity index is 881. The number of aryl methyl sites for hydroxylation is 1. The van der Waals surface area contributed by atoms with E-state index in [1.54, 1.807) is 17.2 Å². The Hall–Kier alpha value is -3.03. The summed E-state index contributed by atoms with van der Waals surface area (Å²) < 4.78 is 6.99. The van der Waals surface area contributed by atoms with Crippen LogP contribution in [0.15, 0.2) is 41.4 Å². The standard InChI is InChI=1S/C18H20N6O2/c1-13-21-17(26-22-13)9-14-5-7-23(8-6-14)18(25)15-3-2-4-16(10-15)24-11-19-20-12-24/h2-4,10-12,14H,5-9H2,1H3. The molecule has 8 heteroatoms. The van der Waals surface area contributed by atoms with E-state index in [0.29, 0.717) is 23.2 Å². The molecule has 134 valence electrons. The second-order valence-electron chi connectivity index (χ2n) is 6.59. The molecule has 0 atom stereocenters. The predicted octanol–water partition coefficient (Wildman–Crippen LogP) is 2.05. The zero-order chi connectivity index (χ0) is 17.9. The van der Waals surface area contributed by atoms with Crippen LogP contribution < -0.4 is 0 Å². The molecule has 0 aliphatic carbocycles. The SMILES string of the molecule is Cc1noc(CC2CCN(C(=O)c3cccc(-n4cnnc4)c3)CC2)n1. The Morgan fingerprint density at radius 2 is 2.00 bits per heavy atom. The molecular weight excluding hydrogens is 332 g/mol. The largest absolute Gasteiger partial charge is 0.339 e. The van der Waals surface area contributed by atoms with Crippen LogP contribution in [0.25, 0.3) is 5.69 Å². The lowest BCUT2D eigenvalue weighted by atomic mass is 9.93. The second-order valence-corrected chi connectivity index (χ2v) is 6.59. The van der Waals surface area contributed by atoms with Gasteiger partial charge in [-0.3, -0.25) is 9.36 Å². The molecule has 2 aromatic heterocycles. The number of carbonyl (C=O) groups is 1. The van der Waals surface area contributed by atoms with E-state index in [2.05, 4.69) is 20.3 Å². The highest BCUT2D eigenvalue weighted by atomic mass is 16.5. The summed E-state index contributed by atoms with van der Waals surface area (Å²) in [6, 6.07) is 7.54. The lowest BCUT2D eigenvalue weighted by molar-refractivity contribution is 0.0687. The van der Waals surface area contributed by atoms with Crippen molar-refractivity contribution in [2.45, 2.75) is 26.2 Å². The molecule has 1 aliphatic heterocycles. The molecular formula is C18H20N6O2. The molecule has 1 aliphatic rings. The van der Waals surface area contributed by atoms with Crippen LogP contribution >= 0.6 is 0 Å². The van der Waals surface area contributed by atoms with Crippen LogP contribution in [0, 0.1) is 12.8 Å². The van der Waals surface area contributed by atoms with E-state index in [1.165, 1.54) is 0 Å². The monoisotopic (exact) mass is 352 g/mol. The molecule has 1 saturated heterocycles. The Morgan fingerprint density at radius 1 is 1.23 bits per heavy atom. The molecule has 8 nitrogen and oxygen atoms in total. The third-order valence-electron chi connectivity index (χ3n) is 4.74. The summed E-state index contributed by atoms with van der Waals surface area (Å²) in [6.45, 7) is 3.31. The number of amides is 1. The third kappa shape index (κ3) is 3.49. The molecule has 1 aromatic carbocycles. The van der Waals surface area contributed by atoms with Gasteiger partial charge in [0.1, 0.15) is 12.7 Å². The van der Waals surface area contributed by atoms with Crippen molar-refractivity contribution in [3.05, 3.63) is 54.2 Å². The van der Waals surface area contributed by atoms with Gasteiger partial charge >= 0.3 is 0 Å². The molecule has 0 radical (unpaired) electrons. The van der Waals surface area contributed by atoms with E-state index in [-0.39, 0.29) is 5.91 Å². The average molecular weight is 352 g/mol. The molecule has 0 unspecified atom stereocenters. The van der Waals surface area contributed by atoms with Gasteiger partial charge in [-0.1, -0.05) is 11.2 Å². The number of nitrogens with zero attached hydrogens (tertiary/aromatic N) is 6. The first-order chi connectivity index (χ1) is 12.7. The molecule has 0 bridgehead atoms. The Kier molecular flexibility index (Phi) is 4.47. The maximum atomic E-state index is 12.8. The van der Waals surface area contributed by atoms with Gasteiger partial charge in [0.25, 0.3) is 5.91 Å². The number of hydrogen-bond acceptors (Lipinski definition) is 6. The summed E-state index contributed by atoms with van der Waals surface area (Å²) in [5.41, 5.74) is 1.56. The molecule has 1 fully saturated rings. The molecule has 3 aromatic rings. The predicted molar refractivity (Wildman–Crippen MR) is 92.7 cm³/mol. The van der Waals surface area contributed by atoms with Crippen LogP contribution in [0.2, 0.25) is 0 Å². The summed E-state index contributed by atoms with van der Waals surface area (Å²) in [7, 11) is 0. The van der Waals surface area contributed by atoms with E-state index >= 15 is 0 Å². The van der Waals surface area contributed by atoms with Crippen molar-refractivity contribution < 1.29 is 9.32 Å². The van der Waals surface area contributed by atoms with Crippen LogP contribution in [-0.2, 0) is 6.42 Å². The van der Waals surface area contributed by atoms with Gasteiger partial charge in [0, 0.05) is 30.8 Å². The first kappa shape index (κ1) is 16.4. The van der Waals surface area contributed by atoms with Crippen molar-refractivity contribution in [1.29, 1.82) is 0 Å². The smallest absolute Gasteiger partial charge is 0.253 e. The van der Waals surface area contributed by atoms with Crippen molar-refractivity contribution in [3.63, 3.8) is 0 Å². The van der Waals surface area contributed by atoms with Gasteiger partial charge in [0.15, 0.2) is 5.82 Å². The Balaban J connectivity index is 1.38. The van der Waals surface area contributed by atoms with Crippen molar-refractivity contribution in [1.82, 2.24) is 29.8 Å². The van der Waals surface area contributed by atoms with Crippen molar-refractivity contribution in [2.24, 2.45) is 5.92 Å². The quantitative estimate of drug-likeness (QED) is 0.714. The molecule has 4 rings (SSSR count). The van der Waals surface area contributed by atoms with Gasteiger partial charge in [0.2, 0.25) is 5.89 Å². The first-order valence-corrected chi connectivity index (χ1v) is 8.72. The van der Waals surface area contributed by atoms with Crippen LogP contribution in [0.4, 0.5) is 0 Å². The van der Waals surface area contributed by atoms with Gasteiger partial charge in [-0.15, -0.1) is 10.2 Å². The van der Waals surface area contributed by atoms with Crippen LogP contribution in [-0.4, -0.2) is 48.8 Å². The number of rotatable bonds is 4. The fourth-order valence-corrected chi connectivity index (χ4v) is 3.33. The third-order valence-corrected chi connectivity index (χ3v) is 4.74. The minimum atomic E-state index is 0.0620. The maximum absolute atomic E-state index is 12.8. The highest BCUT2D eigenvalue weighted by Gasteiger charge is 2.25. The summed E-state index contributed by atoms with van der Waals surface area (Å²) in [5, 5.41) is 11.4. The lowest BCUT2D eigenvalue weighted by Gasteiger charge is -2.31. The fourth-order valence-electron chi connectivity index (χ4n) is 3.33. The summed E-state index contributed by atoms with van der Waals surface area (Å²) in [5.74, 6) is 1.89. The topological polar surface area (TPSA) is 89.9 Å². The lowest BCUT2D eigenvalue weighted by Crippen LogP contribution is -2.39. The second kappa shape index (κ2) is 7.07. The van der Waals surface area contributed by atoms with Gasteiger partial charge in [-0.05, 0) is 43.9 Å². The van der Waals surface area contributed by atoms with Gasteiger partial charge in [0.05, 0.1) is 0 Å². The molecule has 1 amide bonds. The zero-order valence-electron chi connectivity index (χ0n) is 14.6. The minimum absolute atomic E-state index is 0.0620. The van der Waals surface area contributed by atoms with Crippen LogP contribution in [0.3, 0.4) is 0 Å². The van der Waals surface area contributed by atoms with E-state index in [1.807, 2.05) is 36.1 Å². The Morgan fingerprint density at radius 3 is 2.69 bits per heavy atom. The zero-order valence-corrected chi connectivity index (χ0v) is 14.6. The summed E-state index contributed by atoms with van der Waals surface area (Å²) >= 11 is 0. The van der Waals surface area contributed by atoms with Gasteiger partial charge < -0.3 is 9.42 Å². The van der Waals surface area contributed by atoms with Gasteiger partial charge in [-0.2, -0.15) is 4.98 Å². The highest BCUT2D eigenvalue weighted by molar-refractivity contribution is 5.94. The summed E-state index contributed by atoms with van der Waals surface area (Å²) in [6.07, 6.45) is 5.91. The number of benzene rings is 1. The number of hydrogen-bond donors (Lipinski definition) is 0. The van der Waals surface area contributed by atoms with E-state index in [4.69, 9.17) is 4.52 Å². The normalized spacial score (nSPS) is 15.3. The number of piperidine rings is 1. The van der Waals surface area contributed by atoms with Crippen molar-refractivity contribution in [3.8, 4) is 5.69 Å². The molecule has 26 heavy (non-hydrogen) atoms. The number of likely N-dealkylation sites (tertiary alicyclic amines) is 1. The fraction of sp³-hybridized carbons (Fsp3) is 0.389. The first-order valence-electron chi connectivity index (χ1n) is 8.72. The van der Waals surface area contributed by atoms with Gasteiger partial charge in [-0.25, -0.2) is 0 Å². The van der Waals surface area contributed by atoms with E-state index in [0.717, 1.165) is 38.0 Å². The van der Waals surface area contributed by atoms with Crippen molar-refractivity contribution >= 4 is 5.91 Å². The van der Waals surface area contributed by atoms with Crippen molar-refractivity contribution in [2.75, 3.05) is 13.1 Å². The molecule has 3 heterocycles. The molecule has 0 spiro atoms.